The highest BCUT2D eigenvalue weighted by atomic mass is 35.5. The third-order valence-electron chi connectivity index (χ3n) is 2.31. The molecule has 0 saturated heterocycles. The van der Waals surface area contributed by atoms with Crippen molar-refractivity contribution in [2.75, 3.05) is 6.61 Å². The molecule has 2 nitrogen and oxygen atoms in total. The average molecular weight is 241 g/mol. The number of rotatable bonds is 6. The van der Waals surface area contributed by atoms with Crippen molar-refractivity contribution in [1.29, 1.82) is 0 Å². The van der Waals surface area contributed by atoms with Crippen molar-refractivity contribution < 1.29 is 9.53 Å². The SMILES string of the molecule is CCOC(=O)CCCCc1ccc(Cl)cc1. The topological polar surface area (TPSA) is 26.3 Å². The summed E-state index contributed by atoms with van der Waals surface area (Å²) in [7, 11) is 0. The molecule has 1 aromatic rings. The molecule has 0 heterocycles. The van der Waals surface area contributed by atoms with Gasteiger partial charge in [0.1, 0.15) is 0 Å². The van der Waals surface area contributed by atoms with Gasteiger partial charge >= 0.3 is 5.97 Å². The van der Waals surface area contributed by atoms with Crippen molar-refractivity contribution in [3.8, 4) is 0 Å². The zero-order valence-electron chi connectivity index (χ0n) is 9.54. The van der Waals surface area contributed by atoms with Crippen molar-refractivity contribution in [1.82, 2.24) is 0 Å². The standard InChI is InChI=1S/C13H17ClO2/c1-2-16-13(15)6-4-3-5-11-7-9-12(14)10-8-11/h7-10H,2-6H2,1H3. The summed E-state index contributed by atoms with van der Waals surface area (Å²) < 4.78 is 4.85. The van der Waals surface area contributed by atoms with E-state index in [1.807, 2.05) is 31.2 Å². The van der Waals surface area contributed by atoms with Gasteiger partial charge in [-0.1, -0.05) is 23.7 Å². The van der Waals surface area contributed by atoms with Crippen molar-refractivity contribution in [2.45, 2.75) is 32.6 Å². The quantitative estimate of drug-likeness (QED) is 0.561. The Bertz CT molecular complexity index is 319. The van der Waals surface area contributed by atoms with E-state index >= 15 is 0 Å². The van der Waals surface area contributed by atoms with Gasteiger partial charge in [-0.3, -0.25) is 4.79 Å². The minimum Gasteiger partial charge on any atom is -0.466 e. The predicted molar refractivity (Wildman–Crippen MR) is 65.6 cm³/mol. The molecule has 16 heavy (non-hydrogen) atoms. The first-order valence-electron chi connectivity index (χ1n) is 5.62. The molecular weight excluding hydrogens is 224 g/mol. The van der Waals surface area contributed by atoms with Gasteiger partial charge in [0, 0.05) is 11.4 Å². The van der Waals surface area contributed by atoms with Gasteiger partial charge in [0.2, 0.25) is 0 Å². The van der Waals surface area contributed by atoms with Gasteiger partial charge in [0.25, 0.3) is 0 Å². The van der Waals surface area contributed by atoms with Crippen molar-refractivity contribution in [3.63, 3.8) is 0 Å². The van der Waals surface area contributed by atoms with E-state index in [-0.39, 0.29) is 5.97 Å². The summed E-state index contributed by atoms with van der Waals surface area (Å²) in [5, 5.41) is 0.760. The van der Waals surface area contributed by atoms with E-state index in [2.05, 4.69) is 0 Å². The zero-order valence-corrected chi connectivity index (χ0v) is 10.3. The molecular formula is C13H17ClO2. The Labute approximate surface area is 102 Å². The first-order chi connectivity index (χ1) is 7.72. The molecule has 0 aliphatic rings. The van der Waals surface area contributed by atoms with Crippen molar-refractivity contribution in [3.05, 3.63) is 34.9 Å². The first-order valence-corrected chi connectivity index (χ1v) is 6.00. The van der Waals surface area contributed by atoms with Crippen molar-refractivity contribution >= 4 is 17.6 Å². The van der Waals surface area contributed by atoms with Gasteiger partial charge < -0.3 is 4.74 Å². The molecule has 0 spiro atoms. The van der Waals surface area contributed by atoms with E-state index in [1.165, 1.54) is 5.56 Å². The predicted octanol–water partition coefficient (Wildman–Crippen LogP) is 3.62. The fourth-order valence-corrected chi connectivity index (χ4v) is 1.61. The van der Waals surface area contributed by atoms with E-state index < -0.39 is 0 Å². The third kappa shape index (κ3) is 5.17. The molecule has 0 aliphatic carbocycles. The van der Waals surface area contributed by atoms with Crippen LogP contribution in [-0.2, 0) is 16.0 Å². The molecule has 0 amide bonds. The number of esters is 1. The van der Waals surface area contributed by atoms with Crippen LogP contribution in [0.2, 0.25) is 5.02 Å². The molecule has 88 valence electrons. The molecule has 0 N–H and O–H groups in total. The summed E-state index contributed by atoms with van der Waals surface area (Å²) in [5.41, 5.74) is 1.26. The summed E-state index contributed by atoms with van der Waals surface area (Å²) in [6.07, 6.45) is 3.37. The van der Waals surface area contributed by atoms with Gasteiger partial charge in [-0.15, -0.1) is 0 Å². The summed E-state index contributed by atoms with van der Waals surface area (Å²) in [6, 6.07) is 7.82. The Kier molecular flexibility index (Phi) is 5.94. The average Bonchev–Trinajstić information content (AvgIpc) is 2.27. The maximum absolute atomic E-state index is 11.1. The zero-order chi connectivity index (χ0) is 11.8. The van der Waals surface area contributed by atoms with Crippen LogP contribution in [0.25, 0.3) is 0 Å². The molecule has 3 heteroatoms. The summed E-state index contributed by atoms with van der Waals surface area (Å²) in [6.45, 7) is 2.29. The first kappa shape index (κ1) is 13.0. The van der Waals surface area contributed by atoms with Gasteiger partial charge in [0.05, 0.1) is 6.61 Å². The largest absolute Gasteiger partial charge is 0.466 e. The number of carbonyl (C=O) groups excluding carboxylic acids is 1. The maximum Gasteiger partial charge on any atom is 0.305 e. The van der Waals surface area contributed by atoms with Crippen LogP contribution < -0.4 is 0 Å². The highest BCUT2D eigenvalue weighted by Gasteiger charge is 2.01. The molecule has 1 aromatic carbocycles. The lowest BCUT2D eigenvalue weighted by molar-refractivity contribution is -0.143. The van der Waals surface area contributed by atoms with E-state index in [0.717, 1.165) is 24.3 Å². The Morgan fingerprint density at radius 1 is 1.25 bits per heavy atom. The number of halogens is 1. The second-order valence-corrected chi connectivity index (χ2v) is 4.08. The van der Waals surface area contributed by atoms with Crippen LogP contribution in [0.1, 0.15) is 31.7 Å². The Morgan fingerprint density at radius 3 is 2.56 bits per heavy atom. The molecule has 0 unspecified atom stereocenters. The van der Waals surface area contributed by atoms with E-state index in [1.54, 1.807) is 0 Å². The lowest BCUT2D eigenvalue weighted by Gasteiger charge is -2.02. The van der Waals surface area contributed by atoms with Crippen LogP contribution in [0.15, 0.2) is 24.3 Å². The van der Waals surface area contributed by atoms with E-state index in [0.29, 0.717) is 13.0 Å². The molecule has 0 aliphatic heterocycles. The molecule has 0 saturated carbocycles. The van der Waals surface area contributed by atoms with Crippen LogP contribution in [0.3, 0.4) is 0 Å². The van der Waals surface area contributed by atoms with E-state index in [4.69, 9.17) is 16.3 Å². The van der Waals surface area contributed by atoms with Crippen LogP contribution in [-0.4, -0.2) is 12.6 Å². The molecule has 0 aromatic heterocycles. The number of unbranched alkanes of at least 4 members (excludes halogenated alkanes) is 1. The van der Waals surface area contributed by atoms with Crippen molar-refractivity contribution in [2.24, 2.45) is 0 Å². The van der Waals surface area contributed by atoms with Crippen LogP contribution in [0.4, 0.5) is 0 Å². The second kappa shape index (κ2) is 7.29. The minimum absolute atomic E-state index is 0.0985. The number of ether oxygens (including phenoxy) is 1. The highest BCUT2D eigenvalue weighted by molar-refractivity contribution is 6.30. The van der Waals surface area contributed by atoms with Gasteiger partial charge in [0.15, 0.2) is 0 Å². The number of carbonyl (C=O) groups is 1. The molecule has 0 bridgehead atoms. The number of aryl methyl sites for hydroxylation is 1. The fraction of sp³-hybridized carbons (Fsp3) is 0.462. The Balaban J connectivity index is 2.16. The number of benzene rings is 1. The Hall–Kier alpha value is -1.02. The lowest BCUT2D eigenvalue weighted by Crippen LogP contribution is -2.03. The molecule has 1 rings (SSSR count). The smallest absolute Gasteiger partial charge is 0.305 e. The molecule has 0 fully saturated rings. The summed E-state index contributed by atoms with van der Waals surface area (Å²) in [5.74, 6) is -0.0985. The van der Waals surface area contributed by atoms with Gasteiger partial charge in [-0.05, 0) is 43.9 Å². The highest BCUT2D eigenvalue weighted by Crippen LogP contribution is 2.12. The monoisotopic (exact) mass is 240 g/mol. The number of hydrogen-bond acceptors (Lipinski definition) is 2. The molecule has 0 radical (unpaired) electrons. The number of hydrogen-bond donors (Lipinski definition) is 0. The van der Waals surface area contributed by atoms with Gasteiger partial charge in [-0.25, -0.2) is 0 Å². The minimum atomic E-state index is -0.0985. The maximum atomic E-state index is 11.1. The van der Waals surface area contributed by atoms with E-state index in [9.17, 15) is 4.79 Å². The van der Waals surface area contributed by atoms with Crippen LogP contribution in [0, 0.1) is 0 Å². The van der Waals surface area contributed by atoms with Gasteiger partial charge in [-0.2, -0.15) is 0 Å². The van der Waals surface area contributed by atoms with Crippen LogP contribution in [0.5, 0.6) is 0 Å². The lowest BCUT2D eigenvalue weighted by atomic mass is 10.1. The second-order valence-electron chi connectivity index (χ2n) is 3.64. The molecule has 0 atom stereocenters. The fourth-order valence-electron chi connectivity index (χ4n) is 1.48. The Morgan fingerprint density at radius 2 is 1.94 bits per heavy atom. The summed E-state index contributed by atoms with van der Waals surface area (Å²) in [4.78, 5) is 11.1. The van der Waals surface area contributed by atoms with Crippen LogP contribution >= 0.6 is 11.6 Å². The normalized spacial score (nSPS) is 10.1. The summed E-state index contributed by atoms with van der Waals surface area (Å²) >= 11 is 5.79. The third-order valence-corrected chi connectivity index (χ3v) is 2.57.